The van der Waals surface area contributed by atoms with Gasteiger partial charge in [0.1, 0.15) is 5.75 Å². The highest BCUT2D eigenvalue weighted by Crippen LogP contribution is 2.23. The SMILES string of the molecule is CC(O)CCNC(c1ccccc1)c1ccc(O)cc1. The van der Waals surface area contributed by atoms with Crippen LogP contribution in [0.3, 0.4) is 0 Å². The first-order chi connectivity index (χ1) is 9.66. The molecule has 0 saturated carbocycles. The van der Waals surface area contributed by atoms with Crippen LogP contribution in [0.2, 0.25) is 0 Å². The molecule has 0 aliphatic rings. The van der Waals surface area contributed by atoms with Gasteiger partial charge in [-0.15, -0.1) is 0 Å². The van der Waals surface area contributed by atoms with Crippen molar-refractivity contribution in [2.75, 3.05) is 6.54 Å². The molecule has 0 heterocycles. The Morgan fingerprint density at radius 1 is 0.950 bits per heavy atom. The molecule has 2 aromatic rings. The second kappa shape index (κ2) is 7.08. The summed E-state index contributed by atoms with van der Waals surface area (Å²) < 4.78 is 0. The maximum absolute atomic E-state index is 9.40. The van der Waals surface area contributed by atoms with Crippen molar-refractivity contribution in [3.8, 4) is 5.75 Å². The average molecular weight is 271 g/mol. The quantitative estimate of drug-likeness (QED) is 0.757. The normalized spacial score (nSPS) is 13.9. The number of benzene rings is 2. The molecule has 3 heteroatoms. The lowest BCUT2D eigenvalue weighted by Gasteiger charge is -2.20. The fourth-order valence-corrected chi connectivity index (χ4v) is 2.18. The van der Waals surface area contributed by atoms with Gasteiger partial charge in [0.15, 0.2) is 0 Å². The summed E-state index contributed by atoms with van der Waals surface area (Å²) in [6, 6.07) is 17.5. The Morgan fingerprint density at radius 3 is 2.15 bits per heavy atom. The van der Waals surface area contributed by atoms with Crippen molar-refractivity contribution in [2.45, 2.75) is 25.5 Å². The molecule has 0 bridgehead atoms. The van der Waals surface area contributed by atoms with E-state index in [4.69, 9.17) is 0 Å². The molecule has 3 nitrogen and oxygen atoms in total. The molecule has 2 atom stereocenters. The van der Waals surface area contributed by atoms with Gasteiger partial charge >= 0.3 is 0 Å². The van der Waals surface area contributed by atoms with E-state index in [9.17, 15) is 10.2 Å². The summed E-state index contributed by atoms with van der Waals surface area (Å²) in [4.78, 5) is 0. The molecule has 0 aromatic heterocycles. The lowest BCUT2D eigenvalue weighted by Crippen LogP contribution is -2.25. The minimum atomic E-state index is -0.307. The summed E-state index contributed by atoms with van der Waals surface area (Å²) >= 11 is 0. The molecule has 0 radical (unpaired) electrons. The zero-order chi connectivity index (χ0) is 14.4. The Balaban J connectivity index is 2.18. The highest BCUT2D eigenvalue weighted by atomic mass is 16.3. The third kappa shape index (κ3) is 4.08. The molecule has 0 aliphatic carbocycles. The molecule has 106 valence electrons. The van der Waals surface area contributed by atoms with Gasteiger partial charge < -0.3 is 15.5 Å². The van der Waals surface area contributed by atoms with E-state index in [-0.39, 0.29) is 17.9 Å². The summed E-state index contributed by atoms with van der Waals surface area (Å²) in [5.41, 5.74) is 2.27. The van der Waals surface area contributed by atoms with Gasteiger partial charge in [-0.3, -0.25) is 0 Å². The highest BCUT2D eigenvalue weighted by molar-refractivity contribution is 5.34. The van der Waals surface area contributed by atoms with Crippen molar-refractivity contribution < 1.29 is 10.2 Å². The van der Waals surface area contributed by atoms with Crippen LogP contribution in [0.25, 0.3) is 0 Å². The number of phenolic OH excluding ortho intramolecular Hbond substituents is 1. The Bertz CT molecular complexity index is 508. The van der Waals surface area contributed by atoms with E-state index in [1.807, 2.05) is 30.3 Å². The molecular formula is C17H21NO2. The van der Waals surface area contributed by atoms with E-state index in [0.29, 0.717) is 6.42 Å². The molecule has 0 aliphatic heterocycles. The van der Waals surface area contributed by atoms with Gasteiger partial charge in [0.2, 0.25) is 0 Å². The molecule has 2 unspecified atom stereocenters. The molecule has 0 amide bonds. The maximum atomic E-state index is 9.40. The second-order valence-electron chi connectivity index (χ2n) is 5.03. The van der Waals surface area contributed by atoms with Gasteiger partial charge in [-0.2, -0.15) is 0 Å². The van der Waals surface area contributed by atoms with Crippen molar-refractivity contribution in [1.82, 2.24) is 5.32 Å². The lowest BCUT2D eigenvalue weighted by molar-refractivity contribution is 0.183. The first kappa shape index (κ1) is 14.6. The molecule has 2 rings (SSSR count). The monoisotopic (exact) mass is 271 g/mol. The number of aromatic hydroxyl groups is 1. The van der Waals surface area contributed by atoms with Crippen LogP contribution in [-0.2, 0) is 0 Å². The standard InChI is InChI=1S/C17H21NO2/c1-13(19)11-12-18-17(14-5-3-2-4-6-14)15-7-9-16(20)10-8-15/h2-10,13,17-20H,11-12H2,1H3. The molecular weight excluding hydrogens is 250 g/mol. The second-order valence-corrected chi connectivity index (χ2v) is 5.03. The summed E-state index contributed by atoms with van der Waals surface area (Å²) in [7, 11) is 0. The van der Waals surface area contributed by atoms with Crippen LogP contribution in [0.15, 0.2) is 54.6 Å². The van der Waals surface area contributed by atoms with Gasteiger partial charge in [-0.05, 0) is 43.1 Å². The smallest absolute Gasteiger partial charge is 0.115 e. The van der Waals surface area contributed by atoms with E-state index >= 15 is 0 Å². The van der Waals surface area contributed by atoms with Crippen LogP contribution in [-0.4, -0.2) is 22.9 Å². The number of nitrogens with one attached hydrogen (secondary N) is 1. The maximum Gasteiger partial charge on any atom is 0.115 e. The fourth-order valence-electron chi connectivity index (χ4n) is 2.18. The van der Waals surface area contributed by atoms with Crippen LogP contribution >= 0.6 is 0 Å². The molecule has 0 saturated heterocycles. The average Bonchev–Trinajstić information content (AvgIpc) is 2.46. The van der Waals surface area contributed by atoms with E-state index in [1.54, 1.807) is 19.1 Å². The number of phenols is 1. The Morgan fingerprint density at radius 2 is 1.55 bits per heavy atom. The van der Waals surface area contributed by atoms with E-state index < -0.39 is 0 Å². The zero-order valence-electron chi connectivity index (χ0n) is 11.7. The van der Waals surface area contributed by atoms with Gasteiger partial charge in [-0.25, -0.2) is 0 Å². The summed E-state index contributed by atoms with van der Waals surface area (Å²) in [6.07, 6.45) is 0.403. The van der Waals surface area contributed by atoms with Gasteiger partial charge in [-0.1, -0.05) is 42.5 Å². The molecule has 0 fully saturated rings. The Labute approximate surface area is 119 Å². The number of hydrogen-bond acceptors (Lipinski definition) is 3. The van der Waals surface area contributed by atoms with Crippen molar-refractivity contribution in [3.63, 3.8) is 0 Å². The molecule has 2 aromatic carbocycles. The third-order valence-electron chi connectivity index (χ3n) is 3.27. The van der Waals surface area contributed by atoms with Crippen LogP contribution in [0.5, 0.6) is 5.75 Å². The van der Waals surface area contributed by atoms with Crippen molar-refractivity contribution >= 4 is 0 Å². The first-order valence-electron chi connectivity index (χ1n) is 6.92. The highest BCUT2D eigenvalue weighted by Gasteiger charge is 2.13. The molecule has 20 heavy (non-hydrogen) atoms. The molecule has 3 N–H and O–H groups in total. The van der Waals surface area contributed by atoms with Crippen molar-refractivity contribution in [3.05, 3.63) is 65.7 Å². The summed E-state index contributed by atoms with van der Waals surface area (Å²) in [6.45, 7) is 2.53. The summed E-state index contributed by atoms with van der Waals surface area (Å²) in [5.74, 6) is 0.268. The van der Waals surface area contributed by atoms with Crippen molar-refractivity contribution in [1.29, 1.82) is 0 Å². The van der Waals surface area contributed by atoms with Gasteiger partial charge in [0.05, 0.1) is 12.1 Å². The predicted octanol–water partition coefficient (Wildman–Crippen LogP) is 2.84. The van der Waals surface area contributed by atoms with E-state index in [0.717, 1.165) is 12.1 Å². The topological polar surface area (TPSA) is 52.5 Å². The molecule has 0 spiro atoms. The third-order valence-corrected chi connectivity index (χ3v) is 3.27. The first-order valence-corrected chi connectivity index (χ1v) is 6.92. The zero-order valence-corrected chi connectivity index (χ0v) is 11.7. The minimum Gasteiger partial charge on any atom is -0.508 e. The van der Waals surface area contributed by atoms with Crippen LogP contribution in [0.4, 0.5) is 0 Å². The lowest BCUT2D eigenvalue weighted by atomic mass is 9.98. The van der Waals surface area contributed by atoms with Crippen LogP contribution < -0.4 is 5.32 Å². The largest absolute Gasteiger partial charge is 0.508 e. The van der Waals surface area contributed by atoms with E-state index in [1.165, 1.54) is 5.56 Å². The van der Waals surface area contributed by atoms with Crippen LogP contribution in [0.1, 0.15) is 30.5 Å². The Hall–Kier alpha value is -1.84. The number of rotatable bonds is 6. The number of aliphatic hydroxyl groups is 1. The minimum absolute atomic E-state index is 0.0653. The van der Waals surface area contributed by atoms with Crippen molar-refractivity contribution in [2.24, 2.45) is 0 Å². The summed E-state index contributed by atoms with van der Waals surface area (Å²) in [5, 5.41) is 22.2. The Kier molecular flexibility index (Phi) is 5.16. The van der Waals surface area contributed by atoms with E-state index in [2.05, 4.69) is 17.4 Å². The van der Waals surface area contributed by atoms with Gasteiger partial charge in [0, 0.05) is 0 Å². The van der Waals surface area contributed by atoms with Gasteiger partial charge in [0.25, 0.3) is 0 Å². The van der Waals surface area contributed by atoms with Crippen LogP contribution in [0, 0.1) is 0 Å². The number of hydrogen-bond donors (Lipinski definition) is 3. The number of aliphatic hydroxyl groups excluding tert-OH is 1. The fraction of sp³-hybridized carbons (Fsp3) is 0.294. The predicted molar refractivity (Wildman–Crippen MR) is 80.7 cm³/mol.